The zero-order chi connectivity index (χ0) is 29.4. The number of alkyl halides is 1. The summed E-state index contributed by atoms with van der Waals surface area (Å²) in [4.78, 5) is 30.6. The summed E-state index contributed by atoms with van der Waals surface area (Å²) in [7, 11) is 0. The summed E-state index contributed by atoms with van der Waals surface area (Å²) < 4.78 is 30.9. The van der Waals surface area contributed by atoms with E-state index in [1.54, 1.807) is 42.7 Å². The Kier molecular flexibility index (Phi) is 8.18. The Bertz CT molecular complexity index is 1430. The molecule has 0 radical (unpaired) electrons. The lowest BCUT2D eigenvalue weighted by molar-refractivity contribution is -0.137. The van der Waals surface area contributed by atoms with Crippen molar-refractivity contribution in [1.82, 2.24) is 15.5 Å². The van der Waals surface area contributed by atoms with Gasteiger partial charge in [0.1, 0.15) is 11.6 Å². The third-order valence-electron chi connectivity index (χ3n) is 6.33. The number of nitrogens with zero attached hydrogens (tertiary/aromatic N) is 4. The SMILES string of the molecule is CC(C)(C)OC(=O)N[C@H]1CSc2ccc(-c3nnc(N4CCOC(C)(F)C4)o3)cc2N(Cc2ccc(Cl)cc2)C1=O. The van der Waals surface area contributed by atoms with Crippen LogP contribution >= 0.6 is 23.4 Å². The molecule has 2 aromatic carbocycles. The first-order valence-corrected chi connectivity index (χ1v) is 14.5. The number of hydrogen-bond donors (Lipinski definition) is 1. The van der Waals surface area contributed by atoms with Crippen LogP contribution in [-0.2, 0) is 20.8 Å². The maximum absolute atomic E-state index is 14.4. The molecule has 2 aliphatic rings. The van der Waals surface area contributed by atoms with Crippen LogP contribution in [0, 0.1) is 0 Å². The summed E-state index contributed by atoms with van der Waals surface area (Å²) in [6, 6.07) is 12.1. The van der Waals surface area contributed by atoms with Crippen molar-refractivity contribution in [3.05, 3.63) is 53.1 Å². The van der Waals surface area contributed by atoms with Crippen molar-refractivity contribution in [3.63, 3.8) is 0 Å². The summed E-state index contributed by atoms with van der Waals surface area (Å²) in [6.45, 7) is 7.45. The molecule has 0 spiro atoms. The monoisotopic (exact) mass is 603 g/mol. The molecule has 10 nitrogen and oxygen atoms in total. The molecular formula is C28H31ClFN5O5S. The molecule has 2 atom stereocenters. The number of rotatable bonds is 5. The van der Waals surface area contributed by atoms with Gasteiger partial charge in [0, 0.05) is 27.8 Å². The van der Waals surface area contributed by atoms with E-state index in [-0.39, 0.29) is 37.5 Å². The first kappa shape index (κ1) is 29.2. The van der Waals surface area contributed by atoms with Gasteiger partial charge in [0.15, 0.2) is 0 Å². The normalized spacial score (nSPS) is 21.3. The van der Waals surface area contributed by atoms with Crippen LogP contribution in [0.4, 0.5) is 20.9 Å². The second-order valence-electron chi connectivity index (χ2n) is 11.0. The van der Waals surface area contributed by atoms with E-state index in [2.05, 4.69) is 15.5 Å². The van der Waals surface area contributed by atoms with E-state index < -0.39 is 23.6 Å². The van der Waals surface area contributed by atoms with Gasteiger partial charge >= 0.3 is 12.1 Å². The van der Waals surface area contributed by atoms with Crippen molar-refractivity contribution in [2.45, 2.75) is 56.6 Å². The van der Waals surface area contributed by atoms with Crippen LogP contribution in [0.15, 0.2) is 51.8 Å². The highest BCUT2D eigenvalue weighted by molar-refractivity contribution is 7.99. The number of anilines is 2. The van der Waals surface area contributed by atoms with Gasteiger partial charge in [-0.2, -0.15) is 0 Å². The minimum Gasteiger partial charge on any atom is -0.444 e. The van der Waals surface area contributed by atoms with Gasteiger partial charge in [-0.15, -0.1) is 16.9 Å². The van der Waals surface area contributed by atoms with Crippen LogP contribution in [0.3, 0.4) is 0 Å². The van der Waals surface area contributed by atoms with Crippen molar-refractivity contribution in [1.29, 1.82) is 0 Å². The molecular weight excluding hydrogens is 573 g/mol. The molecule has 0 bridgehead atoms. The zero-order valence-electron chi connectivity index (χ0n) is 23.1. The minimum absolute atomic E-state index is 0.0368. The number of alkyl carbamates (subject to hydrolysis) is 1. The second-order valence-corrected chi connectivity index (χ2v) is 12.5. The van der Waals surface area contributed by atoms with E-state index in [1.807, 2.05) is 30.3 Å². The van der Waals surface area contributed by atoms with Gasteiger partial charge in [0.05, 0.1) is 25.4 Å². The predicted molar refractivity (Wildman–Crippen MR) is 154 cm³/mol. The largest absolute Gasteiger partial charge is 0.444 e. The highest BCUT2D eigenvalue weighted by atomic mass is 35.5. The number of amides is 2. The summed E-state index contributed by atoms with van der Waals surface area (Å²) >= 11 is 7.53. The summed E-state index contributed by atoms with van der Waals surface area (Å²) in [6.07, 6.45) is -0.666. The number of carbonyl (C=O) groups is 2. The standard InChI is InChI=1S/C28H31ClFN5O5S/c1-27(2,3)40-26(37)31-20-15-41-22-10-7-18(23-32-33-25(39-23)34-11-12-38-28(4,30)16-34)13-21(22)35(24(20)36)14-17-5-8-19(29)9-6-17/h5-10,13,20H,11-12,14-16H2,1-4H3,(H,31,37)/t20-,28?/m0/s1. The Morgan fingerprint density at radius 3 is 2.71 bits per heavy atom. The Labute approximate surface area is 246 Å². The quantitative estimate of drug-likeness (QED) is 0.407. The number of ether oxygens (including phenoxy) is 2. The lowest BCUT2D eigenvalue weighted by Crippen LogP contribution is -2.50. The van der Waals surface area contributed by atoms with Crippen molar-refractivity contribution in [3.8, 4) is 11.5 Å². The van der Waals surface area contributed by atoms with Gasteiger partial charge in [-0.3, -0.25) is 4.79 Å². The summed E-state index contributed by atoms with van der Waals surface area (Å²) in [5.41, 5.74) is 1.36. The minimum atomic E-state index is -1.82. The van der Waals surface area contributed by atoms with Gasteiger partial charge in [-0.25, -0.2) is 9.18 Å². The number of benzene rings is 2. The summed E-state index contributed by atoms with van der Waals surface area (Å²) in [5, 5.41) is 11.6. The molecule has 218 valence electrons. The average molecular weight is 604 g/mol. The van der Waals surface area contributed by atoms with Crippen molar-refractivity contribution in [2.75, 3.05) is 35.2 Å². The molecule has 1 fully saturated rings. The Morgan fingerprint density at radius 2 is 2.00 bits per heavy atom. The number of halogens is 2. The van der Waals surface area contributed by atoms with Crippen LogP contribution in [-0.4, -0.2) is 65.1 Å². The lowest BCUT2D eigenvalue weighted by atomic mass is 10.1. The Hall–Kier alpha value is -3.35. The number of hydrogen-bond acceptors (Lipinski definition) is 9. The molecule has 3 aromatic rings. The number of morpholine rings is 1. The van der Waals surface area contributed by atoms with Crippen LogP contribution in [0.25, 0.3) is 11.5 Å². The molecule has 0 saturated carbocycles. The highest BCUT2D eigenvalue weighted by Gasteiger charge is 2.35. The molecule has 5 rings (SSSR count). The number of aromatic nitrogens is 2. The fourth-order valence-corrected chi connectivity index (χ4v) is 5.66. The molecule has 1 unspecified atom stereocenters. The Morgan fingerprint density at radius 1 is 1.24 bits per heavy atom. The van der Waals surface area contributed by atoms with E-state index >= 15 is 0 Å². The van der Waals surface area contributed by atoms with Crippen LogP contribution in [0.1, 0.15) is 33.3 Å². The van der Waals surface area contributed by atoms with E-state index in [0.717, 1.165) is 10.5 Å². The van der Waals surface area contributed by atoms with Crippen LogP contribution < -0.4 is 15.1 Å². The number of thioether (sulfide) groups is 1. The molecule has 13 heteroatoms. The molecule has 41 heavy (non-hydrogen) atoms. The van der Waals surface area contributed by atoms with E-state index in [1.165, 1.54) is 18.7 Å². The molecule has 2 amide bonds. The number of nitrogens with one attached hydrogen (secondary N) is 1. The average Bonchev–Trinajstić information content (AvgIpc) is 3.35. The first-order valence-electron chi connectivity index (χ1n) is 13.1. The number of fused-ring (bicyclic) bond motifs is 1. The number of carbonyl (C=O) groups excluding carboxylic acids is 2. The summed E-state index contributed by atoms with van der Waals surface area (Å²) in [5.74, 6) is -1.58. The van der Waals surface area contributed by atoms with Crippen LogP contribution in [0.5, 0.6) is 0 Å². The fourth-order valence-electron chi connectivity index (χ4n) is 4.48. The van der Waals surface area contributed by atoms with E-state index in [9.17, 15) is 14.0 Å². The van der Waals surface area contributed by atoms with Gasteiger partial charge in [0.25, 0.3) is 5.91 Å². The lowest BCUT2D eigenvalue weighted by Gasteiger charge is -2.33. The third-order valence-corrected chi connectivity index (χ3v) is 7.74. The van der Waals surface area contributed by atoms with Gasteiger partial charge < -0.3 is 29.0 Å². The van der Waals surface area contributed by atoms with Gasteiger partial charge in [-0.05, 0) is 63.6 Å². The smallest absolute Gasteiger partial charge is 0.408 e. The maximum atomic E-state index is 14.4. The van der Waals surface area contributed by atoms with E-state index in [4.69, 9.17) is 25.5 Å². The van der Waals surface area contributed by atoms with Crippen molar-refractivity contribution < 1.29 is 27.9 Å². The van der Waals surface area contributed by atoms with Gasteiger partial charge in [-0.1, -0.05) is 28.8 Å². The van der Waals surface area contributed by atoms with Crippen molar-refractivity contribution >= 4 is 47.1 Å². The van der Waals surface area contributed by atoms with Crippen molar-refractivity contribution in [2.24, 2.45) is 0 Å². The molecule has 1 aromatic heterocycles. The third kappa shape index (κ3) is 7.11. The second kappa shape index (κ2) is 11.5. The molecule has 2 aliphatic heterocycles. The van der Waals surface area contributed by atoms with E-state index in [0.29, 0.717) is 28.6 Å². The maximum Gasteiger partial charge on any atom is 0.408 e. The van der Waals surface area contributed by atoms with Crippen LogP contribution in [0.2, 0.25) is 5.02 Å². The molecule has 0 aliphatic carbocycles. The Balaban J connectivity index is 1.45. The molecule has 1 saturated heterocycles. The molecule has 1 N–H and O–H groups in total. The topological polar surface area (TPSA) is 110 Å². The van der Waals surface area contributed by atoms with Gasteiger partial charge in [0.2, 0.25) is 11.7 Å². The predicted octanol–water partition coefficient (Wildman–Crippen LogP) is 5.44. The highest BCUT2D eigenvalue weighted by Crippen LogP contribution is 2.39. The molecule has 3 heterocycles. The first-order chi connectivity index (χ1) is 19.4. The zero-order valence-corrected chi connectivity index (χ0v) is 24.7. The fraction of sp³-hybridized carbons (Fsp3) is 0.429.